The summed E-state index contributed by atoms with van der Waals surface area (Å²) < 4.78 is 6.87. The second kappa shape index (κ2) is 4.23. The van der Waals surface area contributed by atoms with E-state index in [1.807, 2.05) is 6.92 Å². The molecule has 0 aliphatic carbocycles. The van der Waals surface area contributed by atoms with Gasteiger partial charge in [-0.1, -0.05) is 6.92 Å². The monoisotopic (exact) mass is 226 g/mol. The van der Waals surface area contributed by atoms with E-state index in [1.165, 1.54) is 16.8 Å². The summed E-state index contributed by atoms with van der Waals surface area (Å²) in [4.78, 5) is 24.6. The average Bonchev–Trinajstić information content (AvgIpc) is 2.60. The second-order valence-corrected chi connectivity index (χ2v) is 4.06. The zero-order valence-electron chi connectivity index (χ0n) is 8.92. The van der Waals surface area contributed by atoms with Crippen molar-refractivity contribution >= 4 is 0 Å². The summed E-state index contributed by atoms with van der Waals surface area (Å²) >= 11 is 0. The Hall–Kier alpha value is -1.40. The molecule has 2 rings (SSSR count). The minimum absolute atomic E-state index is 0.0566. The average molecular weight is 226 g/mol. The molecule has 1 aliphatic heterocycles. The molecular weight excluding hydrogens is 212 g/mol. The van der Waals surface area contributed by atoms with Crippen molar-refractivity contribution in [1.82, 2.24) is 9.55 Å². The van der Waals surface area contributed by atoms with Crippen LogP contribution in [0.1, 0.15) is 19.6 Å². The second-order valence-electron chi connectivity index (χ2n) is 4.06. The van der Waals surface area contributed by atoms with Gasteiger partial charge in [-0.15, -0.1) is 0 Å². The smallest absolute Gasteiger partial charge is 0.330 e. The lowest BCUT2D eigenvalue weighted by atomic mass is 10.1. The van der Waals surface area contributed by atoms with Gasteiger partial charge in [0.15, 0.2) is 0 Å². The Morgan fingerprint density at radius 1 is 1.62 bits per heavy atom. The first kappa shape index (κ1) is 11.1. The molecule has 16 heavy (non-hydrogen) atoms. The molecule has 88 valence electrons. The van der Waals surface area contributed by atoms with Gasteiger partial charge in [-0.2, -0.15) is 0 Å². The van der Waals surface area contributed by atoms with Crippen molar-refractivity contribution in [2.75, 3.05) is 6.61 Å². The Bertz CT molecular complexity index is 478. The van der Waals surface area contributed by atoms with Crippen LogP contribution in [0.5, 0.6) is 0 Å². The molecule has 6 nitrogen and oxygen atoms in total. The highest BCUT2D eigenvalue weighted by Crippen LogP contribution is 2.32. The molecule has 2 heterocycles. The first-order chi connectivity index (χ1) is 7.61. The van der Waals surface area contributed by atoms with Gasteiger partial charge < -0.3 is 9.84 Å². The fraction of sp³-hybridized carbons (Fsp3) is 0.600. The predicted octanol–water partition coefficient (Wildman–Crippen LogP) is -0.547. The van der Waals surface area contributed by atoms with Gasteiger partial charge >= 0.3 is 5.69 Å². The van der Waals surface area contributed by atoms with Crippen LogP contribution in [0.3, 0.4) is 0 Å². The van der Waals surface area contributed by atoms with E-state index in [0.29, 0.717) is 6.42 Å². The number of hydrogen-bond acceptors (Lipinski definition) is 4. The van der Waals surface area contributed by atoms with Crippen molar-refractivity contribution in [3.05, 3.63) is 33.1 Å². The third-order valence-corrected chi connectivity index (χ3v) is 2.78. The normalized spacial score (nSPS) is 29.5. The minimum atomic E-state index is -0.483. The number of ether oxygens (including phenoxy) is 1. The van der Waals surface area contributed by atoms with E-state index >= 15 is 0 Å². The van der Waals surface area contributed by atoms with Crippen LogP contribution in [0.2, 0.25) is 0 Å². The molecule has 0 saturated carbocycles. The van der Waals surface area contributed by atoms with Crippen LogP contribution in [0.25, 0.3) is 0 Å². The summed E-state index contributed by atoms with van der Waals surface area (Å²) in [6.45, 7) is 1.89. The van der Waals surface area contributed by atoms with E-state index in [1.54, 1.807) is 0 Å². The summed E-state index contributed by atoms with van der Waals surface area (Å²) in [5, 5.41) is 8.99. The largest absolute Gasteiger partial charge is 0.394 e. The van der Waals surface area contributed by atoms with Gasteiger partial charge in [-0.25, -0.2) is 4.79 Å². The molecule has 3 atom stereocenters. The number of aliphatic hydroxyl groups is 1. The summed E-state index contributed by atoms with van der Waals surface area (Å²) in [6, 6.07) is 1.28. The van der Waals surface area contributed by atoms with Crippen molar-refractivity contribution < 1.29 is 9.84 Å². The Balaban J connectivity index is 2.31. The minimum Gasteiger partial charge on any atom is -0.394 e. The Labute approximate surface area is 91.5 Å². The highest BCUT2D eigenvalue weighted by atomic mass is 16.5. The number of H-pyrrole nitrogens is 1. The molecule has 0 radical (unpaired) electrons. The molecule has 0 aromatic carbocycles. The van der Waals surface area contributed by atoms with E-state index in [2.05, 4.69) is 4.98 Å². The number of aliphatic hydroxyl groups excluding tert-OH is 1. The van der Waals surface area contributed by atoms with Crippen molar-refractivity contribution in [2.45, 2.75) is 25.7 Å². The molecule has 1 unspecified atom stereocenters. The molecule has 1 saturated heterocycles. The SMILES string of the molecule is C[C@H]1CC(CO)O[C@H]1n1ccc(=O)[nH]c1=O. The predicted molar refractivity (Wildman–Crippen MR) is 56.1 cm³/mol. The quantitative estimate of drug-likeness (QED) is 0.708. The molecular formula is C10H14N2O4. The third-order valence-electron chi connectivity index (χ3n) is 2.78. The van der Waals surface area contributed by atoms with E-state index in [-0.39, 0.29) is 18.6 Å². The number of aromatic nitrogens is 2. The number of nitrogens with one attached hydrogen (secondary N) is 1. The number of rotatable bonds is 2. The van der Waals surface area contributed by atoms with Gasteiger partial charge in [0.1, 0.15) is 6.23 Å². The van der Waals surface area contributed by atoms with Gasteiger partial charge in [-0.3, -0.25) is 14.3 Å². The fourth-order valence-electron chi connectivity index (χ4n) is 2.00. The van der Waals surface area contributed by atoms with Gasteiger partial charge in [0.05, 0.1) is 12.7 Å². The third kappa shape index (κ3) is 1.94. The van der Waals surface area contributed by atoms with Crippen LogP contribution >= 0.6 is 0 Å². The Kier molecular flexibility index (Phi) is 2.93. The first-order valence-electron chi connectivity index (χ1n) is 5.19. The summed E-state index contributed by atoms with van der Waals surface area (Å²) in [6.07, 6.45) is 1.47. The first-order valence-corrected chi connectivity index (χ1v) is 5.19. The highest BCUT2D eigenvalue weighted by Gasteiger charge is 2.33. The Morgan fingerprint density at radius 2 is 2.38 bits per heavy atom. The van der Waals surface area contributed by atoms with Crippen LogP contribution in [0.4, 0.5) is 0 Å². The van der Waals surface area contributed by atoms with Gasteiger partial charge in [0.25, 0.3) is 5.56 Å². The maximum Gasteiger partial charge on any atom is 0.330 e. The van der Waals surface area contributed by atoms with E-state index < -0.39 is 17.5 Å². The van der Waals surface area contributed by atoms with Crippen LogP contribution in [-0.2, 0) is 4.74 Å². The molecule has 0 amide bonds. The zero-order valence-corrected chi connectivity index (χ0v) is 8.92. The molecule has 0 spiro atoms. The summed E-state index contributed by atoms with van der Waals surface area (Å²) in [5.74, 6) is 0.126. The summed E-state index contributed by atoms with van der Waals surface area (Å²) in [5.41, 5.74) is -0.909. The maximum absolute atomic E-state index is 11.5. The number of nitrogens with zero attached hydrogens (tertiary/aromatic N) is 1. The molecule has 2 N–H and O–H groups in total. The molecule has 0 bridgehead atoms. The van der Waals surface area contributed by atoms with Gasteiger partial charge in [0, 0.05) is 18.2 Å². The lowest BCUT2D eigenvalue weighted by Crippen LogP contribution is -2.33. The molecule has 6 heteroatoms. The topological polar surface area (TPSA) is 84.3 Å². The lowest BCUT2D eigenvalue weighted by molar-refractivity contribution is -0.0336. The van der Waals surface area contributed by atoms with E-state index in [9.17, 15) is 9.59 Å². The molecule has 1 fully saturated rings. The summed E-state index contributed by atoms with van der Waals surface area (Å²) in [7, 11) is 0. The Morgan fingerprint density at radius 3 is 2.94 bits per heavy atom. The van der Waals surface area contributed by atoms with Crippen molar-refractivity contribution in [1.29, 1.82) is 0 Å². The van der Waals surface area contributed by atoms with E-state index in [0.717, 1.165) is 0 Å². The van der Waals surface area contributed by atoms with E-state index in [4.69, 9.17) is 9.84 Å². The molecule has 1 aromatic rings. The maximum atomic E-state index is 11.5. The highest BCUT2D eigenvalue weighted by molar-refractivity contribution is 4.87. The fourth-order valence-corrected chi connectivity index (χ4v) is 2.00. The van der Waals surface area contributed by atoms with Crippen LogP contribution in [0, 0.1) is 5.92 Å². The van der Waals surface area contributed by atoms with Crippen LogP contribution in [-0.4, -0.2) is 27.4 Å². The molecule has 1 aromatic heterocycles. The van der Waals surface area contributed by atoms with Crippen molar-refractivity contribution in [3.63, 3.8) is 0 Å². The lowest BCUT2D eigenvalue weighted by Gasteiger charge is -2.17. The van der Waals surface area contributed by atoms with Gasteiger partial charge in [-0.05, 0) is 6.42 Å². The van der Waals surface area contributed by atoms with Crippen LogP contribution < -0.4 is 11.2 Å². The number of aromatic amines is 1. The standard InChI is InChI=1S/C10H14N2O4/c1-6-4-7(5-13)16-9(6)12-3-2-8(14)11-10(12)15/h2-3,6-7,9,13H,4-5H2,1H3,(H,11,14,15)/t6-,7?,9+/m0/s1. The zero-order chi connectivity index (χ0) is 11.7. The van der Waals surface area contributed by atoms with Gasteiger partial charge in [0.2, 0.25) is 0 Å². The van der Waals surface area contributed by atoms with Crippen LogP contribution in [0.15, 0.2) is 21.9 Å². The van der Waals surface area contributed by atoms with Crippen molar-refractivity contribution in [3.8, 4) is 0 Å². The van der Waals surface area contributed by atoms with Crippen molar-refractivity contribution in [2.24, 2.45) is 5.92 Å². The molecule has 1 aliphatic rings. The number of hydrogen-bond donors (Lipinski definition) is 2.